The molecule has 1 saturated heterocycles. The van der Waals surface area contributed by atoms with Gasteiger partial charge in [-0.25, -0.2) is 13.6 Å². The second-order valence-electron chi connectivity index (χ2n) is 4.94. The summed E-state index contributed by atoms with van der Waals surface area (Å²) < 4.78 is 28.4. The van der Waals surface area contributed by atoms with Crippen molar-refractivity contribution in [3.05, 3.63) is 30.0 Å². The molecule has 1 fully saturated rings. The zero-order valence-corrected chi connectivity index (χ0v) is 11.6. The van der Waals surface area contributed by atoms with Crippen LogP contribution in [0.4, 0.5) is 19.3 Å². The maximum atomic E-state index is 13.5. The highest BCUT2D eigenvalue weighted by molar-refractivity contribution is 5.76. The number of benzene rings is 1. The van der Waals surface area contributed by atoms with E-state index in [0.717, 1.165) is 12.1 Å². The minimum absolute atomic E-state index is 0.108. The molecular weight excluding hydrogens is 294 g/mol. The van der Waals surface area contributed by atoms with Crippen molar-refractivity contribution >= 4 is 11.7 Å². The van der Waals surface area contributed by atoms with Crippen LogP contribution in [0.25, 0.3) is 11.3 Å². The van der Waals surface area contributed by atoms with Crippen molar-refractivity contribution < 1.29 is 13.6 Å². The normalized spacial score (nSPS) is 14.5. The molecule has 1 aliphatic heterocycles. The summed E-state index contributed by atoms with van der Waals surface area (Å²) in [4.78, 5) is 13.1. The summed E-state index contributed by atoms with van der Waals surface area (Å²) in [6.45, 7) is 2.21. The minimum Gasteiger partial charge on any atom is -0.394 e. The molecule has 0 aliphatic carbocycles. The van der Waals surface area contributed by atoms with Crippen LogP contribution in [0.15, 0.2) is 18.3 Å². The Balaban J connectivity index is 1.72. The van der Waals surface area contributed by atoms with Crippen molar-refractivity contribution in [3.8, 4) is 11.3 Å². The van der Waals surface area contributed by atoms with E-state index >= 15 is 0 Å². The van der Waals surface area contributed by atoms with Gasteiger partial charge in [-0.2, -0.15) is 0 Å². The number of aromatic nitrogens is 3. The third-order valence-corrected chi connectivity index (χ3v) is 3.46. The number of amides is 2. The molecule has 0 spiro atoms. The van der Waals surface area contributed by atoms with Crippen molar-refractivity contribution in [3.63, 3.8) is 0 Å². The highest BCUT2D eigenvalue weighted by atomic mass is 19.1. The number of anilines is 1. The van der Waals surface area contributed by atoms with Gasteiger partial charge < -0.3 is 16.0 Å². The molecule has 0 radical (unpaired) electrons. The zero-order valence-electron chi connectivity index (χ0n) is 11.6. The van der Waals surface area contributed by atoms with E-state index in [-0.39, 0.29) is 11.6 Å². The van der Waals surface area contributed by atoms with Crippen molar-refractivity contribution in [2.75, 3.05) is 25.4 Å². The van der Waals surface area contributed by atoms with E-state index in [0.29, 0.717) is 31.9 Å². The minimum atomic E-state index is -0.835. The lowest BCUT2D eigenvalue weighted by Gasteiger charge is -2.12. The Bertz CT molecular complexity index is 693. The fourth-order valence-corrected chi connectivity index (χ4v) is 2.22. The Kier molecular flexibility index (Phi) is 3.61. The predicted molar refractivity (Wildman–Crippen MR) is 74.8 cm³/mol. The fourth-order valence-electron chi connectivity index (χ4n) is 2.22. The Morgan fingerprint density at radius 1 is 1.27 bits per heavy atom. The molecule has 0 unspecified atom stereocenters. The van der Waals surface area contributed by atoms with Crippen LogP contribution < -0.4 is 11.1 Å². The second kappa shape index (κ2) is 5.58. The zero-order chi connectivity index (χ0) is 15.7. The van der Waals surface area contributed by atoms with E-state index in [4.69, 9.17) is 5.73 Å². The van der Waals surface area contributed by atoms with Gasteiger partial charge in [0.25, 0.3) is 0 Å². The molecule has 2 heterocycles. The topological polar surface area (TPSA) is 89.1 Å². The number of nitrogens with one attached hydrogen (secondary N) is 1. The Morgan fingerprint density at radius 3 is 2.64 bits per heavy atom. The lowest BCUT2D eigenvalue weighted by molar-refractivity contribution is 0.215. The number of carbonyl (C=O) groups is 1. The lowest BCUT2D eigenvalue weighted by Crippen LogP contribution is -2.31. The van der Waals surface area contributed by atoms with Gasteiger partial charge >= 0.3 is 6.03 Å². The number of nitrogens with zero attached hydrogens (tertiary/aromatic N) is 4. The molecule has 1 aromatic heterocycles. The monoisotopic (exact) mass is 308 g/mol. The van der Waals surface area contributed by atoms with E-state index in [1.165, 1.54) is 4.68 Å². The van der Waals surface area contributed by atoms with Gasteiger partial charge in [0.15, 0.2) is 0 Å². The third kappa shape index (κ3) is 2.69. The molecule has 9 heteroatoms. The molecule has 116 valence electrons. The van der Waals surface area contributed by atoms with E-state index < -0.39 is 17.3 Å². The van der Waals surface area contributed by atoms with Crippen molar-refractivity contribution in [1.29, 1.82) is 0 Å². The number of carbonyl (C=O) groups excluding carboxylic acids is 1. The molecule has 2 amide bonds. The molecule has 0 bridgehead atoms. The maximum absolute atomic E-state index is 13.5. The van der Waals surface area contributed by atoms with Gasteiger partial charge in [-0.15, -0.1) is 5.10 Å². The summed E-state index contributed by atoms with van der Waals surface area (Å²) in [7, 11) is 0. The van der Waals surface area contributed by atoms with E-state index in [1.807, 2.05) is 0 Å². The third-order valence-electron chi connectivity index (χ3n) is 3.46. The number of nitrogen functional groups attached to an aromatic ring is 1. The van der Waals surface area contributed by atoms with Crippen LogP contribution in [-0.4, -0.2) is 45.6 Å². The number of rotatable bonds is 4. The van der Waals surface area contributed by atoms with Crippen molar-refractivity contribution in [2.45, 2.75) is 6.54 Å². The Morgan fingerprint density at radius 2 is 2.00 bits per heavy atom. The largest absolute Gasteiger partial charge is 0.394 e. The van der Waals surface area contributed by atoms with Crippen LogP contribution >= 0.6 is 0 Å². The van der Waals surface area contributed by atoms with Crippen LogP contribution in [0.1, 0.15) is 0 Å². The van der Waals surface area contributed by atoms with Crippen LogP contribution in [-0.2, 0) is 6.54 Å². The molecule has 1 aliphatic rings. The highest BCUT2D eigenvalue weighted by Crippen LogP contribution is 2.23. The van der Waals surface area contributed by atoms with Gasteiger partial charge in [-0.3, -0.25) is 4.68 Å². The van der Waals surface area contributed by atoms with Gasteiger partial charge in [-0.1, -0.05) is 5.21 Å². The number of hydrogen-bond acceptors (Lipinski definition) is 4. The predicted octanol–water partition coefficient (Wildman–Crippen LogP) is 0.831. The molecule has 3 rings (SSSR count). The quantitative estimate of drug-likeness (QED) is 0.819. The molecule has 3 N–H and O–H groups in total. The highest BCUT2D eigenvalue weighted by Gasteiger charge is 2.19. The average molecular weight is 308 g/mol. The van der Waals surface area contributed by atoms with Gasteiger partial charge in [-0.05, 0) is 12.1 Å². The molecule has 22 heavy (non-hydrogen) atoms. The van der Waals surface area contributed by atoms with Crippen LogP contribution in [0.3, 0.4) is 0 Å². The summed E-state index contributed by atoms with van der Waals surface area (Å²) in [5.74, 6) is -1.67. The molecular formula is C13H14F2N6O. The Labute approximate surface area is 124 Å². The van der Waals surface area contributed by atoms with E-state index in [9.17, 15) is 13.6 Å². The van der Waals surface area contributed by atoms with Gasteiger partial charge in [0.2, 0.25) is 0 Å². The maximum Gasteiger partial charge on any atom is 0.317 e. The average Bonchev–Trinajstić information content (AvgIpc) is 3.11. The van der Waals surface area contributed by atoms with E-state index in [2.05, 4.69) is 15.6 Å². The summed E-state index contributed by atoms with van der Waals surface area (Å²) in [5.41, 5.74) is 5.31. The van der Waals surface area contributed by atoms with Gasteiger partial charge in [0, 0.05) is 25.2 Å². The summed E-state index contributed by atoms with van der Waals surface area (Å²) in [6, 6.07) is 2.12. The lowest BCUT2D eigenvalue weighted by atomic mass is 10.1. The standard InChI is InChI=1S/C13H14F2N6O/c14-9-5-8(6-10(15)12(9)16)11-7-21(19-18-11)4-3-20-2-1-17-13(20)22/h5-7H,1-4,16H2,(H,17,22). The SMILES string of the molecule is Nc1c(F)cc(-c2cn(CCN3CCNC3=O)nn2)cc1F. The van der Waals surface area contributed by atoms with Crippen LogP contribution in [0, 0.1) is 11.6 Å². The number of nitrogens with two attached hydrogens (primary N) is 1. The number of hydrogen-bond donors (Lipinski definition) is 2. The smallest absolute Gasteiger partial charge is 0.317 e. The van der Waals surface area contributed by atoms with Crippen molar-refractivity contribution in [2.24, 2.45) is 0 Å². The van der Waals surface area contributed by atoms with E-state index in [1.54, 1.807) is 11.1 Å². The molecule has 1 aromatic carbocycles. The molecule has 2 aromatic rings. The first-order valence-corrected chi connectivity index (χ1v) is 6.72. The molecule has 0 atom stereocenters. The van der Waals surface area contributed by atoms with Crippen LogP contribution in [0.5, 0.6) is 0 Å². The summed E-state index contributed by atoms with van der Waals surface area (Å²) in [6.07, 6.45) is 1.57. The first kappa shape index (κ1) is 14.2. The second-order valence-corrected chi connectivity index (χ2v) is 4.94. The summed E-state index contributed by atoms with van der Waals surface area (Å²) >= 11 is 0. The summed E-state index contributed by atoms with van der Waals surface area (Å²) in [5, 5.41) is 10.5. The van der Waals surface area contributed by atoms with Crippen LogP contribution in [0.2, 0.25) is 0 Å². The number of halogens is 2. The molecule has 0 saturated carbocycles. The van der Waals surface area contributed by atoms with Crippen molar-refractivity contribution in [1.82, 2.24) is 25.2 Å². The van der Waals surface area contributed by atoms with Gasteiger partial charge in [0.1, 0.15) is 23.0 Å². The fraction of sp³-hybridized carbons (Fsp3) is 0.308. The van der Waals surface area contributed by atoms with Gasteiger partial charge in [0.05, 0.1) is 12.7 Å². The first-order valence-electron chi connectivity index (χ1n) is 6.72. The first-order chi connectivity index (χ1) is 10.5. The Hall–Kier alpha value is -2.71. The molecule has 7 nitrogen and oxygen atoms in total. The number of urea groups is 1.